The Hall–Kier alpha value is -2.50. The van der Waals surface area contributed by atoms with Crippen LogP contribution < -0.4 is 4.90 Å². The molecule has 0 aromatic carbocycles. The minimum atomic E-state index is -0.799. The molecule has 0 amide bonds. The van der Waals surface area contributed by atoms with Gasteiger partial charge in [-0.25, -0.2) is 9.97 Å². The number of pyridine rings is 1. The fraction of sp³-hybridized carbons (Fsp3) is 0.412. The molecule has 0 saturated carbocycles. The van der Waals surface area contributed by atoms with E-state index in [1.807, 2.05) is 30.1 Å². The molecule has 1 atom stereocenters. The van der Waals surface area contributed by atoms with Crippen LogP contribution in [0.15, 0.2) is 24.4 Å². The van der Waals surface area contributed by atoms with Gasteiger partial charge in [0.15, 0.2) is 5.82 Å². The number of anilines is 1. The maximum absolute atomic E-state index is 11.1. The molecule has 3 rings (SSSR count). The van der Waals surface area contributed by atoms with Gasteiger partial charge in [0.25, 0.3) is 0 Å². The van der Waals surface area contributed by atoms with Gasteiger partial charge in [-0.1, -0.05) is 13.0 Å². The van der Waals surface area contributed by atoms with Crippen molar-refractivity contribution in [2.75, 3.05) is 18.5 Å². The quantitative estimate of drug-likeness (QED) is 0.911. The van der Waals surface area contributed by atoms with Crippen molar-refractivity contribution in [3.63, 3.8) is 0 Å². The normalized spacial score (nSPS) is 14.3. The first-order valence-electron chi connectivity index (χ1n) is 7.81. The van der Waals surface area contributed by atoms with Crippen molar-refractivity contribution in [1.82, 2.24) is 15.0 Å². The summed E-state index contributed by atoms with van der Waals surface area (Å²) in [6, 6.07) is 5.66. The SMILES string of the molecule is CC(CN(C)c1nc(-c2ccccn2)nc2c1CCC2)C(=O)O. The van der Waals surface area contributed by atoms with Crippen LogP contribution in [0.25, 0.3) is 11.5 Å². The molecule has 6 heteroatoms. The van der Waals surface area contributed by atoms with Crippen LogP contribution in [0.5, 0.6) is 0 Å². The number of aryl methyl sites for hydroxylation is 1. The van der Waals surface area contributed by atoms with E-state index < -0.39 is 11.9 Å². The van der Waals surface area contributed by atoms with Crippen LogP contribution in [0.1, 0.15) is 24.6 Å². The van der Waals surface area contributed by atoms with E-state index in [4.69, 9.17) is 5.11 Å². The highest BCUT2D eigenvalue weighted by atomic mass is 16.4. The van der Waals surface area contributed by atoms with Gasteiger partial charge < -0.3 is 10.0 Å². The minimum absolute atomic E-state index is 0.417. The molecule has 2 aromatic rings. The van der Waals surface area contributed by atoms with Crippen molar-refractivity contribution >= 4 is 11.8 Å². The number of aromatic nitrogens is 3. The second-order valence-electron chi connectivity index (χ2n) is 5.98. The molecule has 2 aromatic heterocycles. The Morgan fingerprint density at radius 3 is 2.87 bits per heavy atom. The molecule has 0 saturated heterocycles. The first-order chi connectivity index (χ1) is 11.1. The first-order valence-corrected chi connectivity index (χ1v) is 7.81. The number of hydrogen-bond acceptors (Lipinski definition) is 5. The van der Waals surface area contributed by atoms with Crippen molar-refractivity contribution in [1.29, 1.82) is 0 Å². The van der Waals surface area contributed by atoms with Crippen LogP contribution in [0.4, 0.5) is 5.82 Å². The Bertz CT molecular complexity index is 718. The number of aliphatic carboxylic acids is 1. The summed E-state index contributed by atoms with van der Waals surface area (Å²) in [6.07, 6.45) is 4.67. The maximum atomic E-state index is 11.1. The Labute approximate surface area is 135 Å². The van der Waals surface area contributed by atoms with Gasteiger partial charge in [0.2, 0.25) is 0 Å². The molecule has 1 aliphatic rings. The van der Waals surface area contributed by atoms with Gasteiger partial charge in [-0.15, -0.1) is 0 Å². The summed E-state index contributed by atoms with van der Waals surface area (Å²) < 4.78 is 0. The lowest BCUT2D eigenvalue weighted by Crippen LogP contribution is -2.30. The molecule has 0 radical (unpaired) electrons. The van der Waals surface area contributed by atoms with Crippen molar-refractivity contribution in [3.05, 3.63) is 35.7 Å². The monoisotopic (exact) mass is 312 g/mol. The number of carbonyl (C=O) groups is 1. The highest BCUT2D eigenvalue weighted by molar-refractivity contribution is 5.70. The molecule has 0 bridgehead atoms. The molecule has 120 valence electrons. The summed E-state index contributed by atoms with van der Waals surface area (Å²) in [7, 11) is 1.89. The molecule has 1 unspecified atom stereocenters. The standard InChI is InChI=1S/C17H20N4O2/c1-11(17(22)23)10-21(2)16-12-6-5-8-13(12)19-15(20-16)14-7-3-4-9-18-14/h3-4,7,9,11H,5-6,8,10H2,1-2H3,(H,22,23). The molecule has 2 heterocycles. The molecule has 1 aliphatic carbocycles. The van der Waals surface area contributed by atoms with E-state index in [9.17, 15) is 4.79 Å². The largest absolute Gasteiger partial charge is 0.481 e. The van der Waals surface area contributed by atoms with Crippen molar-refractivity contribution < 1.29 is 9.90 Å². The molecule has 0 fully saturated rings. The van der Waals surface area contributed by atoms with E-state index in [0.717, 1.165) is 42.0 Å². The van der Waals surface area contributed by atoms with Gasteiger partial charge in [-0.05, 0) is 31.4 Å². The molecule has 0 spiro atoms. The van der Waals surface area contributed by atoms with Crippen LogP contribution >= 0.6 is 0 Å². The zero-order valence-electron chi connectivity index (χ0n) is 13.4. The number of carboxylic acid groups (broad SMARTS) is 1. The number of fused-ring (bicyclic) bond motifs is 1. The lowest BCUT2D eigenvalue weighted by molar-refractivity contribution is -0.140. The number of rotatable bonds is 5. The summed E-state index contributed by atoms with van der Waals surface area (Å²) >= 11 is 0. The lowest BCUT2D eigenvalue weighted by Gasteiger charge is -2.23. The molecule has 0 aliphatic heterocycles. The summed E-state index contributed by atoms with van der Waals surface area (Å²) in [5, 5.41) is 9.13. The predicted octanol–water partition coefficient (Wildman–Crippen LogP) is 2.18. The summed E-state index contributed by atoms with van der Waals surface area (Å²) in [6.45, 7) is 2.13. The van der Waals surface area contributed by atoms with Crippen LogP contribution in [0, 0.1) is 5.92 Å². The average molecular weight is 312 g/mol. The third-order valence-electron chi connectivity index (χ3n) is 4.14. The predicted molar refractivity (Wildman–Crippen MR) is 87.4 cm³/mol. The molecular weight excluding hydrogens is 292 g/mol. The van der Waals surface area contributed by atoms with E-state index in [1.165, 1.54) is 0 Å². The number of nitrogens with zero attached hydrogens (tertiary/aromatic N) is 4. The lowest BCUT2D eigenvalue weighted by atomic mass is 10.1. The van der Waals surface area contributed by atoms with Crippen LogP contribution in [-0.2, 0) is 17.6 Å². The smallest absolute Gasteiger partial charge is 0.308 e. The van der Waals surface area contributed by atoms with Crippen molar-refractivity contribution in [2.45, 2.75) is 26.2 Å². The Balaban J connectivity index is 1.99. The number of carboxylic acids is 1. The van der Waals surface area contributed by atoms with E-state index in [2.05, 4.69) is 15.0 Å². The zero-order valence-corrected chi connectivity index (χ0v) is 13.4. The second kappa shape index (κ2) is 6.32. The van der Waals surface area contributed by atoms with Crippen molar-refractivity contribution in [2.24, 2.45) is 5.92 Å². The topological polar surface area (TPSA) is 79.2 Å². The summed E-state index contributed by atoms with van der Waals surface area (Å²) in [4.78, 5) is 26.7. The molecule has 23 heavy (non-hydrogen) atoms. The minimum Gasteiger partial charge on any atom is -0.481 e. The van der Waals surface area contributed by atoms with Gasteiger partial charge in [-0.2, -0.15) is 0 Å². The Morgan fingerprint density at radius 2 is 2.17 bits per heavy atom. The van der Waals surface area contributed by atoms with Gasteiger partial charge in [0.05, 0.1) is 5.92 Å². The Morgan fingerprint density at radius 1 is 1.35 bits per heavy atom. The third kappa shape index (κ3) is 3.16. The van der Waals surface area contributed by atoms with E-state index >= 15 is 0 Å². The van der Waals surface area contributed by atoms with Crippen molar-refractivity contribution in [3.8, 4) is 11.5 Å². The summed E-state index contributed by atoms with van der Waals surface area (Å²) in [5.41, 5.74) is 2.94. The number of hydrogen-bond donors (Lipinski definition) is 1. The van der Waals surface area contributed by atoms with Crippen LogP contribution in [0.2, 0.25) is 0 Å². The fourth-order valence-corrected chi connectivity index (χ4v) is 2.91. The highest BCUT2D eigenvalue weighted by Gasteiger charge is 2.24. The van der Waals surface area contributed by atoms with Gasteiger partial charge in [0.1, 0.15) is 11.5 Å². The van der Waals surface area contributed by atoms with Gasteiger partial charge >= 0.3 is 5.97 Å². The zero-order chi connectivity index (χ0) is 16.4. The molecule has 1 N–H and O–H groups in total. The third-order valence-corrected chi connectivity index (χ3v) is 4.14. The highest BCUT2D eigenvalue weighted by Crippen LogP contribution is 2.30. The van der Waals surface area contributed by atoms with E-state index in [1.54, 1.807) is 13.1 Å². The first kappa shape index (κ1) is 15.4. The Kier molecular flexibility index (Phi) is 4.23. The van der Waals surface area contributed by atoms with E-state index in [0.29, 0.717) is 12.4 Å². The fourth-order valence-electron chi connectivity index (χ4n) is 2.91. The van der Waals surface area contributed by atoms with Crippen LogP contribution in [0.3, 0.4) is 0 Å². The molecule has 6 nitrogen and oxygen atoms in total. The van der Waals surface area contributed by atoms with Gasteiger partial charge in [-0.3, -0.25) is 9.78 Å². The summed E-state index contributed by atoms with van der Waals surface area (Å²) in [5.74, 6) is 0.190. The maximum Gasteiger partial charge on any atom is 0.308 e. The average Bonchev–Trinajstić information content (AvgIpc) is 3.02. The second-order valence-corrected chi connectivity index (χ2v) is 5.98. The van der Waals surface area contributed by atoms with E-state index in [-0.39, 0.29) is 0 Å². The van der Waals surface area contributed by atoms with Crippen LogP contribution in [-0.4, -0.2) is 39.6 Å². The van der Waals surface area contributed by atoms with Gasteiger partial charge in [0, 0.05) is 31.0 Å². The molecular formula is C17H20N4O2.